The van der Waals surface area contributed by atoms with Crippen LogP contribution in [-0.2, 0) is 10.0 Å². The number of benzene rings is 4. The van der Waals surface area contributed by atoms with E-state index in [2.05, 4.69) is 9.62 Å². The number of ether oxygens (including phenoxy) is 1. The van der Waals surface area contributed by atoms with E-state index in [0.717, 1.165) is 5.69 Å². The number of rotatable bonds is 7. The van der Waals surface area contributed by atoms with Crippen LogP contribution in [0.2, 0.25) is 10.0 Å². The summed E-state index contributed by atoms with van der Waals surface area (Å²) in [5, 5.41) is 10.3. The summed E-state index contributed by atoms with van der Waals surface area (Å²) >= 11 is 12.3. The molecule has 40 heavy (non-hydrogen) atoms. The Morgan fingerprint density at radius 1 is 0.850 bits per heavy atom. The first kappa shape index (κ1) is 27.6. The van der Waals surface area contributed by atoms with Gasteiger partial charge in [0.2, 0.25) is 0 Å². The number of para-hydroxylation sites is 1. The van der Waals surface area contributed by atoms with Gasteiger partial charge in [-0.1, -0.05) is 35.3 Å². The van der Waals surface area contributed by atoms with Gasteiger partial charge in [0.25, 0.3) is 15.9 Å². The molecule has 0 aliphatic carbocycles. The van der Waals surface area contributed by atoms with Crippen LogP contribution in [0.5, 0.6) is 17.2 Å². The number of carbonyl (C=O) groups is 1. The van der Waals surface area contributed by atoms with Crippen LogP contribution in [0.3, 0.4) is 0 Å². The van der Waals surface area contributed by atoms with Gasteiger partial charge in [-0.15, -0.1) is 0 Å². The topological polar surface area (TPSA) is 99.2 Å². The molecule has 1 heterocycles. The molecule has 5 rings (SSSR count). The minimum atomic E-state index is -4.03. The van der Waals surface area contributed by atoms with Crippen LogP contribution in [0.25, 0.3) is 0 Å². The van der Waals surface area contributed by atoms with E-state index in [1.165, 1.54) is 42.5 Å². The smallest absolute Gasteiger partial charge is 0.261 e. The molecule has 4 aromatic carbocycles. The van der Waals surface area contributed by atoms with Crippen LogP contribution in [0.4, 0.5) is 11.4 Å². The van der Waals surface area contributed by atoms with Gasteiger partial charge in [0.05, 0.1) is 21.2 Å². The summed E-state index contributed by atoms with van der Waals surface area (Å²) in [6.07, 6.45) is 0. The molecule has 0 saturated carbocycles. The van der Waals surface area contributed by atoms with E-state index in [-0.39, 0.29) is 27.8 Å². The van der Waals surface area contributed by atoms with Crippen molar-refractivity contribution in [3.8, 4) is 17.2 Å². The summed E-state index contributed by atoms with van der Waals surface area (Å²) in [5.74, 6) is 0.732. The molecule has 1 aliphatic heterocycles. The highest BCUT2D eigenvalue weighted by Gasteiger charge is 2.26. The Kier molecular flexibility index (Phi) is 8.07. The van der Waals surface area contributed by atoms with Crippen LogP contribution in [0, 0.1) is 0 Å². The molecule has 4 aromatic rings. The van der Waals surface area contributed by atoms with Gasteiger partial charge in [0, 0.05) is 36.9 Å². The summed E-state index contributed by atoms with van der Waals surface area (Å²) in [6, 6.07) is 24.2. The second-order valence-electron chi connectivity index (χ2n) is 9.09. The van der Waals surface area contributed by atoms with Gasteiger partial charge >= 0.3 is 0 Å². The molecule has 0 atom stereocenters. The SMILES string of the molecule is O=C(c1cc(Cl)ccc1NS(=O)(=O)c1ccc(Oc2ccccc2Cl)cc1)N1CCN(c2ccc(O)cc2)CC1. The van der Waals surface area contributed by atoms with Gasteiger partial charge in [-0.2, -0.15) is 0 Å². The monoisotopic (exact) mass is 597 g/mol. The highest BCUT2D eigenvalue weighted by molar-refractivity contribution is 7.92. The molecule has 0 spiro atoms. The summed E-state index contributed by atoms with van der Waals surface area (Å²) in [4.78, 5) is 17.3. The second kappa shape index (κ2) is 11.7. The van der Waals surface area contributed by atoms with Crippen molar-refractivity contribution < 1.29 is 23.1 Å². The number of hydrogen-bond acceptors (Lipinski definition) is 6. The molecule has 2 N–H and O–H groups in total. The Bertz CT molecular complexity index is 1620. The number of phenolic OH excluding ortho intramolecular Hbond substituents is 1. The van der Waals surface area contributed by atoms with Gasteiger partial charge in [0.1, 0.15) is 17.2 Å². The number of hydrogen-bond donors (Lipinski definition) is 2. The number of nitrogens with one attached hydrogen (secondary N) is 1. The number of sulfonamides is 1. The number of halogens is 2. The van der Waals surface area contributed by atoms with Gasteiger partial charge in [-0.3, -0.25) is 9.52 Å². The number of anilines is 2. The van der Waals surface area contributed by atoms with Crippen molar-refractivity contribution in [3.05, 3.63) is 107 Å². The quantitative estimate of drug-likeness (QED) is 0.261. The maximum atomic E-state index is 13.5. The fraction of sp³-hybridized carbons (Fsp3) is 0.138. The third-order valence-electron chi connectivity index (χ3n) is 6.44. The first-order chi connectivity index (χ1) is 19.2. The van der Waals surface area contributed by atoms with Crippen molar-refractivity contribution in [2.45, 2.75) is 4.90 Å². The summed E-state index contributed by atoms with van der Waals surface area (Å²) in [5.41, 5.74) is 1.24. The van der Waals surface area contributed by atoms with Crippen molar-refractivity contribution in [1.82, 2.24) is 4.90 Å². The zero-order chi connectivity index (χ0) is 28.3. The first-order valence-corrected chi connectivity index (χ1v) is 14.6. The predicted octanol–water partition coefficient (Wildman–Crippen LogP) is 6.25. The number of nitrogens with zero attached hydrogens (tertiary/aromatic N) is 2. The van der Waals surface area contributed by atoms with Crippen molar-refractivity contribution in [1.29, 1.82) is 0 Å². The third kappa shape index (κ3) is 6.28. The van der Waals surface area contributed by atoms with E-state index in [1.54, 1.807) is 41.3 Å². The highest BCUT2D eigenvalue weighted by Crippen LogP contribution is 2.31. The summed E-state index contributed by atoms with van der Waals surface area (Å²) in [6.45, 7) is 2.04. The Morgan fingerprint density at radius 3 is 2.20 bits per heavy atom. The average Bonchev–Trinajstić information content (AvgIpc) is 2.95. The molecule has 0 radical (unpaired) electrons. The lowest BCUT2D eigenvalue weighted by molar-refractivity contribution is 0.0748. The highest BCUT2D eigenvalue weighted by atomic mass is 35.5. The molecule has 0 aromatic heterocycles. The zero-order valence-electron chi connectivity index (χ0n) is 21.1. The normalized spacial score (nSPS) is 13.7. The number of amides is 1. The van der Waals surface area contributed by atoms with E-state index < -0.39 is 10.0 Å². The Labute approximate surface area is 242 Å². The van der Waals surface area contributed by atoms with E-state index in [0.29, 0.717) is 47.7 Å². The molecule has 1 fully saturated rings. The maximum Gasteiger partial charge on any atom is 0.261 e. The van der Waals surface area contributed by atoms with Gasteiger partial charge in [-0.25, -0.2) is 8.42 Å². The first-order valence-electron chi connectivity index (χ1n) is 12.4. The molecule has 1 aliphatic rings. The molecular weight excluding hydrogens is 573 g/mol. The average molecular weight is 599 g/mol. The van der Waals surface area contributed by atoms with Crippen molar-refractivity contribution >= 4 is 50.5 Å². The van der Waals surface area contributed by atoms with Crippen LogP contribution < -0.4 is 14.4 Å². The molecule has 0 bridgehead atoms. The van der Waals surface area contributed by atoms with E-state index in [4.69, 9.17) is 27.9 Å². The van der Waals surface area contributed by atoms with E-state index in [9.17, 15) is 18.3 Å². The Morgan fingerprint density at radius 2 is 1.52 bits per heavy atom. The Balaban J connectivity index is 1.29. The molecule has 0 unspecified atom stereocenters. The fourth-order valence-corrected chi connectivity index (χ4v) is 5.76. The van der Waals surface area contributed by atoms with Crippen molar-refractivity contribution in [2.75, 3.05) is 35.8 Å². The van der Waals surface area contributed by atoms with Crippen LogP contribution >= 0.6 is 23.2 Å². The standard InChI is InChI=1S/C29H25Cl2N3O5S/c30-20-5-14-27(25(19-20)29(36)34-17-15-33(16-18-34)21-6-8-22(35)9-7-21)32-40(37,38)24-12-10-23(11-13-24)39-28-4-2-1-3-26(28)31/h1-14,19,32,35H,15-18H2. The largest absolute Gasteiger partial charge is 0.508 e. The second-order valence-corrected chi connectivity index (χ2v) is 11.6. The number of piperazine rings is 1. The molecular formula is C29H25Cl2N3O5S. The third-order valence-corrected chi connectivity index (χ3v) is 8.37. The van der Waals surface area contributed by atoms with Crippen molar-refractivity contribution in [3.63, 3.8) is 0 Å². The van der Waals surface area contributed by atoms with Crippen LogP contribution in [-0.4, -0.2) is 50.5 Å². The fourth-order valence-electron chi connectivity index (χ4n) is 4.33. The number of carbonyl (C=O) groups excluding carboxylic acids is 1. The lowest BCUT2D eigenvalue weighted by Gasteiger charge is -2.36. The summed E-state index contributed by atoms with van der Waals surface area (Å²) < 4.78 is 34.7. The predicted molar refractivity (Wildman–Crippen MR) is 156 cm³/mol. The zero-order valence-corrected chi connectivity index (χ0v) is 23.5. The molecule has 1 amide bonds. The summed E-state index contributed by atoms with van der Waals surface area (Å²) in [7, 11) is -4.03. The molecule has 8 nitrogen and oxygen atoms in total. The van der Waals surface area contributed by atoms with Gasteiger partial charge in [-0.05, 0) is 78.9 Å². The van der Waals surface area contributed by atoms with Crippen molar-refractivity contribution in [2.24, 2.45) is 0 Å². The minimum absolute atomic E-state index is 0.00475. The Hall–Kier alpha value is -3.92. The van der Waals surface area contributed by atoms with Crippen LogP contribution in [0.15, 0.2) is 95.9 Å². The molecule has 1 saturated heterocycles. The molecule has 11 heteroatoms. The minimum Gasteiger partial charge on any atom is -0.508 e. The van der Waals surface area contributed by atoms with Crippen LogP contribution in [0.1, 0.15) is 10.4 Å². The van der Waals surface area contributed by atoms with E-state index >= 15 is 0 Å². The van der Waals surface area contributed by atoms with Gasteiger partial charge < -0.3 is 19.6 Å². The lowest BCUT2D eigenvalue weighted by Crippen LogP contribution is -2.49. The molecule has 206 valence electrons. The van der Waals surface area contributed by atoms with E-state index in [1.807, 2.05) is 12.1 Å². The van der Waals surface area contributed by atoms with Gasteiger partial charge in [0.15, 0.2) is 0 Å². The maximum absolute atomic E-state index is 13.5. The lowest BCUT2D eigenvalue weighted by atomic mass is 10.1. The number of phenols is 1. The number of aromatic hydroxyl groups is 1.